The standard InChI is InChI=1S/C10H17N3/c1-3-10-8(7-13(2)12-10)6-11-9-4-5-9/h7,9,11H,3-6H2,1-2H3. The molecule has 0 spiro atoms. The molecule has 0 aromatic carbocycles. The zero-order valence-electron chi connectivity index (χ0n) is 8.38. The van der Waals surface area contributed by atoms with Gasteiger partial charge in [-0.3, -0.25) is 4.68 Å². The Morgan fingerprint density at radius 3 is 3.00 bits per heavy atom. The van der Waals surface area contributed by atoms with Gasteiger partial charge in [0.1, 0.15) is 0 Å². The van der Waals surface area contributed by atoms with E-state index in [0.29, 0.717) is 0 Å². The Bertz CT molecular complexity index is 286. The third-order valence-electron chi connectivity index (χ3n) is 2.49. The molecule has 72 valence electrons. The van der Waals surface area contributed by atoms with E-state index in [2.05, 4.69) is 23.5 Å². The maximum Gasteiger partial charge on any atom is 0.0666 e. The summed E-state index contributed by atoms with van der Waals surface area (Å²) in [6.07, 6.45) is 5.85. The molecule has 2 rings (SSSR count). The lowest BCUT2D eigenvalue weighted by atomic mass is 10.2. The molecular weight excluding hydrogens is 162 g/mol. The Labute approximate surface area is 79.1 Å². The van der Waals surface area contributed by atoms with Gasteiger partial charge >= 0.3 is 0 Å². The van der Waals surface area contributed by atoms with E-state index in [9.17, 15) is 0 Å². The normalized spacial score (nSPS) is 16.5. The molecule has 0 radical (unpaired) electrons. The third-order valence-corrected chi connectivity index (χ3v) is 2.49. The van der Waals surface area contributed by atoms with Gasteiger partial charge in [-0.05, 0) is 19.3 Å². The molecule has 0 amide bonds. The van der Waals surface area contributed by atoms with Crippen LogP contribution in [0.4, 0.5) is 0 Å². The summed E-state index contributed by atoms with van der Waals surface area (Å²) < 4.78 is 1.91. The fourth-order valence-electron chi connectivity index (χ4n) is 1.57. The van der Waals surface area contributed by atoms with Gasteiger partial charge in [0, 0.05) is 31.4 Å². The van der Waals surface area contributed by atoms with Crippen LogP contribution in [0.3, 0.4) is 0 Å². The molecule has 0 atom stereocenters. The summed E-state index contributed by atoms with van der Waals surface area (Å²) in [5.74, 6) is 0. The van der Waals surface area contributed by atoms with Gasteiger partial charge in [0.05, 0.1) is 5.69 Å². The van der Waals surface area contributed by atoms with Crippen molar-refractivity contribution in [3.63, 3.8) is 0 Å². The van der Waals surface area contributed by atoms with Crippen LogP contribution in [-0.4, -0.2) is 15.8 Å². The smallest absolute Gasteiger partial charge is 0.0666 e. The van der Waals surface area contributed by atoms with E-state index in [0.717, 1.165) is 19.0 Å². The van der Waals surface area contributed by atoms with Crippen LogP contribution >= 0.6 is 0 Å². The second kappa shape index (κ2) is 3.50. The van der Waals surface area contributed by atoms with Gasteiger partial charge in [0.15, 0.2) is 0 Å². The lowest BCUT2D eigenvalue weighted by Crippen LogP contribution is -2.15. The first-order valence-corrected chi connectivity index (χ1v) is 5.04. The van der Waals surface area contributed by atoms with Crippen molar-refractivity contribution in [3.05, 3.63) is 17.5 Å². The zero-order valence-corrected chi connectivity index (χ0v) is 8.38. The van der Waals surface area contributed by atoms with Gasteiger partial charge in [-0.1, -0.05) is 6.92 Å². The third kappa shape index (κ3) is 2.10. The first-order chi connectivity index (χ1) is 6.29. The van der Waals surface area contributed by atoms with Crippen molar-refractivity contribution in [2.45, 2.75) is 38.8 Å². The number of aryl methyl sites for hydroxylation is 2. The van der Waals surface area contributed by atoms with Gasteiger partial charge in [0.2, 0.25) is 0 Å². The van der Waals surface area contributed by atoms with Crippen molar-refractivity contribution >= 4 is 0 Å². The predicted molar refractivity (Wildman–Crippen MR) is 52.4 cm³/mol. The number of aromatic nitrogens is 2. The van der Waals surface area contributed by atoms with Gasteiger partial charge in [-0.25, -0.2) is 0 Å². The van der Waals surface area contributed by atoms with Crippen molar-refractivity contribution in [1.82, 2.24) is 15.1 Å². The molecule has 3 nitrogen and oxygen atoms in total. The Morgan fingerprint density at radius 1 is 1.62 bits per heavy atom. The predicted octanol–water partition coefficient (Wildman–Crippen LogP) is 1.23. The molecule has 1 N–H and O–H groups in total. The molecule has 0 unspecified atom stereocenters. The van der Waals surface area contributed by atoms with Crippen LogP contribution in [0.1, 0.15) is 31.0 Å². The molecular formula is C10H17N3. The summed E-state index contributed by atoms with van der Waals surface area (Å²) in [6.45, 7) is 3.14. The van der Waals surface area contributed by atoms with Gasteiger partial charge in [-0.15, -0.1) is 0 Å². The molecule has 1 aromatic heterocycles. The highest BCUT2D eigenvalue weighted by molar-refractivity contribution is 5.17. The molecule has 13 heavy (non-hydrogen) atoms. The van der Waals surface area contributed by atoms with Crippen LogP contribution in [0.15, 0.2) is 6.20 Å². The molecule has 3 heteroatoms. The van der Waals surface area contributed by atoms with Crippen LogP contribution in [-0.2, 0) is 20.0 Å². The molecule has 0 aliphatic heterocycles. The minimum absolute atomic E-state index is 0.782. The number of nitrogens with one attached hydrogen (secondary N) is 1. The number of nitrogens with zero attached hydrogens (tertiary/aromatic N) is 2. The molecule has 1 fully saturated rings. The van der Waals surface area contributed by atoms with Crippen molar-refractivity contribution in [3.8, 4) is 0 Å². The average Bonchev–Trinajstić information content (AvgIpc) is 2.87. The monoisotopic (exact) mass is 179 g/mol. The van der Waals surface area contributed by atoms with Crippen LogP contribution in [0.25, 0.3) is 0 Å². The minimum Gasteiger partial charge on any atom is -0.310 e. The summed E-state index contributed by atoms with van der Waals surface area (Å²) in [6, 6.07) is 0.782. The molecule has 1 aromatic rings. The first kappa shape index (κ1) is 8.75. The van der Waals surface area contributed by atoms with Crippen molar-refractivity contribution < 1.29 is 0 Å². The van der Waals surface area contributed by atoms with E-state index < -0.39 is 0 Å². The Kier molecular flexibility index (Phi) is 2.36. The van der Waals surface area contributed by atoms with Gasteiger partial charge in [0.25, 0.3) is 0 Å². The van der Waals surface area contributed by atoms with Crippen LogP contribution in [0.2, 0.25) is 0 Å². The lowest BCUT2D eigenvalue weighted by molar-refractivity contribution is 0.683. The van der Waals surface area contributed by atoms with E-state index in [-0.39, 0.29) is 0 Å². The summed E-state index contributed by atoms with van der Waals surface area (Å²) >= 11 is 0. The molecule has 1 heterocycles. The van der Waals surface area contributed by atoms with E-state index in [1.807, 2.05) is 11.7 Å². The molecule has 1 aliphatic carbocycles. The van der Waals surface area contributed by atoms with Crippen LogP contribution < -0.4 is 5.32 Å². The highest BCUT2D eigenvalue weighted by atomic mass is 15.3. The maximum atomic E-state index is 4.40. The largest absolute Gasteiger partial charge is 0.310 e. The molecule has 0 bridgehead atoms. The van der Waals surface area contributed by atoms with Crippen LogP contribution in [0, 0.1) is 0 Å². The number of hydrogen-bond donors (Lipinski definition) is 1. The summed E-state index contributed by atoms with van der Waals surface area (Å²) in [5.41, 5.74) is 2.59. The molecule has 1 saturated carbocycles. The quantitative estimate of drug-likeness (QED) is 0.753. The topological polar surface area (TPSA) is 29.9 Å². The fourth-order valence-corrected chi connectivity index (χ4v) is 1.57. The first-order valence-electron chi connectivity index (χ1n) is 5.04. The molecule has 0 saturated heterocycles. The highest BCUT2D eigenvalue weighted by Gasteiger charge is 2.20. The average molecular weight is 179 g/mol. The van der Waals surface area contributed by atoms with Crippen molar-refractivity contribution in [2.24, 2.45) is 7.05 Å². The van der Waals surface area contributed by atoms with E-state index >= 15 is 0 Å². The van der Waals surface area contributed by atoms with Gasteiger partial charge < -0.3 is 5.32 Å². The van der Waals surface area contributed by atoms with Crippen molar-refractivity contribution in [2.75, 3.05) is 0 Å². The van der Waals surface area contributed by atoms with E-state index in [1.165, 1.54) is 24.1 Å². The van der Waals surface area contributed by atoms with Gasteiger partial charge in [-0.2, -0.15) is 5.10 Å². The summed E-state index contributed by atoms with van der Waals surface area (Å²) in [7, 11) is 1.99. The van der Waals surface area contributed by atoms with Crippen LogP contribution in [0.5, 0.6) is 0 Å². The number of hydrogen-bond acceptors (Lipinski definition) is 2. The van der Waals surface area contributed by atoms with E-state index in [4.69, 9.17) is 0 Å². The minimum atomic E-state index is 0.782. The zero-order chi connectivity index (χ0) is 9.26. The SMILES string of the molecule is CCc1nn(C)cc1CNC1CC1. The summed E-state index contributed by atoms with van der Waals surface area (Å²) in [4.78, 5) is 0. The molecule has 1 aliphatic rings. The second-order valence-corrected chi connectivity index (χ2v) is 3.78. The summed E-state index contributed by atoms with van der Waals surface area (Å²) in [5, 5.41) is 7.91. The fraction of sp³-hybridized carbons (Fsp3) is 0.700. The van der Waals surface area contributed by atoms with E-state index in [1.54, 1.807) is 0 Å². The highest BCUT2D eigenvalue weighted by Crippen LogP contribution is 2.19. The lowest BCUT2D eigenvalue weighted by Gasteiger charge is -2.00. The maximum absolute atomic E-state index is 4.40. The Morgan fingerprint density at radius 2 is 2.38 bits per heavy atom. The Balaban J connectivity index is 1.99. The second-order valence-electron chi connectivity index (χ2n) is 3.78. The number of rotatable bonds is 4. The Hall–Kier alpha value is -0.830. The van der Waals surface area contributed by atoms with Crippen molar-refractivity contribution in [1.29, 1.82) is 0 Å².